The van der Waals surface area contributed by atoms with Crippen molar-refractivity contribution in [2.75, 3.05) is 25.0 Å². The minimum Gasteiger partial charge on any atom is -0.368 e. The molecule has 28 heavy (non-hydrogen) atoms. The molecule has 2 fully saturated rings. The fourth-order valence-corrected chi connectivity index (χ4v) is 4.84. The Morgan fingerprint density at radius 1 is 1.36 bits per heavy atom. The van der Waals surface area contributed by atoms with E-state index in [1.165, 1.54) is 6.42 Å². The Kier molecular flexibility index (Phi) is 5.92. The third-order valence-electron chi connectivity index (χ3n) is 5.62. The van der Waals surface area contributed by atoms with E-state index in [1.807, 2.05) is 36.2 Å². The zero-order valence-corrected chi connectivity index (χ0v) is 17.4. The van der Waals surface area contributed by atoms with Gasteiger partial charge in [-0.2, -0.15) is 0 Å². The van der Waals surface area contributed by atoms with Gasteiger partial charge < -0.3 is 15.0 Å². The van der Waals surface area contributed by atoms with Crippen molar-refractivity contribution in [3.05, 3.63) is 35.0 Å². The summed E-state index contributed by atoms with van der Waals surface area (Å²) in [5, 5.41) is 4.08. The SMILES string of the molecule is Cc1cnc(Nc2cccc([C@@H]3CN(C(=O)[C@H]4CCC[C@@H](C)C4)CCO3)n2)s1. The number of ether oxygens (including phenoxy) is 1. The van der Waals surface area contributed by atoms with Crippen molar-refractivity contribution >= 4 is 28.2 Å². The van der Waals surface area contributed by atoms with Gasteiger partial charge in [-0.15, -0.1) is 11.3 Å². The molecule has 0 radical (unpaired) electrons. The van der Waals surface area contributed by atoms with Crippen molar-refractivity contribution in [2.24, 2.45) is 11.8 Å². The summed E-state index contributed by atoms with van der Waals surface area (Å²) in [6, 6.07) is 5.87. The summed E-state index contributed by atoms with van der Waals surface area (Å²) >= 11 is 1.60. The third-order valence-corrected chi connectivity index (χ3v) is 6.45. The Bertz CT molecular complexity index is 824. The maximum absolute atomic E-state index is 13.0. The maximum Gasteiger partial charge on any atom is 0.225 e. The second-order valence-electron chi connectivity index (χ2n) is 7.96. The van der Waals surface area contributed by atoms with Crippen LogP contribution >= 0.6 is 11.3 Å². The maximum atomic E-state index is 13.0. The smallest absolute Gasteiger partial charge is 0.225 e. The predicted molar refractivity (Wildman–Crippen MR) is 111 cm³/mol. The monoisotopic (exact) mass is 400 g/mol. The molecule has 0 aromatic carbocycles. The molecule has 2 aliphatic rings. The number of nitrogens with zero attached hydrogens (tertiary/aromatic N) is 3. The van der Waals surface area contributed by atoms with E-state index < -0.39 is 0 Å². The van der Waals surface area contributed by atoms with E-state index in [0.29, 0.717) is 31.5 Å². The van der Waals surface area contributed by atoms with Crippen molar-refractivity contribution in [1.29, 1.82) is 0 Å². The molecule has 0 unspecified atom stereocenters. The lowest BCUT2D eigenvalue weighted by molar-refractivity contribution is -0.145. The molecule has 1 saturated carbocycles. The van der Waals surface area contributed by atoms with Gasteiger partial charge in [0.2, 0.25) is 5.91 Å². The number of anilines is 2. The van der Waals surface area contributed by atoms with Crippen LogP contribution in [0.5, 0.6) is 0 Å². The molecule has 150 valence electrons. The summed E-state index contributed by atoms with van der Waals surface area (Å²) in [5.41, 5.74) is 0.854. The van der Waals surface area contributed by atoms with Gasteiger partial charge in [-0.05, 0) is 37.8 Å². The first kappa shape index (κ1) is 19.3. The quantitative estimate of drug-likeness (QED) is 0.828. The van der Waals surface area contributed by atoms with E-state index in [9.17, 15) is 4.79 Å². The predicted octanol–water partition coefficient (Wildman–Crippen LogP) is 4.32. The van der Waals surface area contributed by atoms with Crippen LogP contribution in [0.15, 0.2) is 24.4 Å². The Morgan fingerprint density at radius 2 is 2.25 bits per heavy atom. The van der Waals surface area contributed by atoms with Gasteiger partial charge in [0.1, 0.15) is 11.9 Å². The molecule has 2 aromatic heterocycles. The number of rotatable bonds is 4. The van der Waals surface area contributed by atoms with Crippen LogP contribution in [0, 0.1) is 18.8 Å². The van der Waals surface area contributed by atoms with Gasteiger partial charge in [0, 0.05) is 23.5 Å². The van der Waals surface area contributed by atoms with Crippen LogP contribution in [0.2, 0.25) is 0 Å². The number of pyridine rings is 1. The van der Waals surface area contributed by atoms with Gasteiger partial charge in [0.25, 0.3) is 0 Å². The highest BCUT2D eigenvalue weighted by Gasteiger charge is 2.32. The first-order chi connectivity index (χ1) is 13.6. The highest BCUT2D eigenvalue weighted by molar-refractivity contribution is 7.15. The fraction of sp³-hybridized carbons (Fsp3) is 0.571. The van der Waals surface area contributed by atoms with E-state index in [-0.39, 0.29) is 12.0 Å². The molecule has 3 atom stereocenters. The summed E-state index contributed by atoms with van der Waals surface area (Å²) in [6.45, 7) is 6.10. The number of aryl methyl sites for hydroxylation is 1. The highest BCUT2D eigenvalue weighted by atomic mass is 32.1. The zero-order chi connectivity index (χ0) is 19.5. The molecule has 0 spiro atoms. The number of hydrogen-bond donors (Lipinski definition) is 1. The topological polar surface area (TPSA) is 67.4 Å². The second kappa shape index (κ2) is 8.57. The molecule has 1 saturated heterocycles. The van der Waals surface area contributed by atoms with Gasteiger partial charge in [0.05, 0.1) is 18.8 Å². The number of morpholine rings is 1. The van der Waals surface area contributed by atoms with Crippen molar-refractivity contribution in [3.63, 3.8) is 0 Å². The van der Waals surface area contributed by atoms with Crippen LogP contribution in [0.1, 0.15) is 49.3 Å². The minimum absolute atomic E-state index is 0.177. The Labute approximate surface area is 170 Å². The molecular weight excluding hydrogens is 372 g/mol. The fourth-order valence-electron chi connectivity index (χ4n) is 4.17. The standard InChI is InChI=1S/C21H28N4O2S/c1-14-5-3-6-16(11-14)20(26)25-9-10-27-18(13-25)17-7-4-8-19(23-17)24-21-22-12-15(2)28-21/h4,7-8,12,14,16,18H,3,5-6,9-11,13H2,1-2H3,(H,22,23,24)/t14-,16+,18+/m1/s1. The second-order valence-corrected chi connectivity index (χ2v) is 9.20. The van der Waals surface area contributed by atoms with E-state index >= 15 is 0 Å². The number of thiazole rings is 1. The number of carbonyl (C=O) groups excluding carboxylic acids is 1. The lowest BCUT2D eigenvalue weighted by Crippen LogP contribution is -2.45. The lowest BCUT2D eigenvalue weighted by atomic mass is 9.81. The third kappa shape index (κ3) is 4.52. The van der Waals surface area contributed by atoms with Crippen molar-refractivity contribution in [3.8, 4) is 0 Å². The van der Waals surface area contributed by atoms with Crippen LogP contribution in [0.3, 0.4) is 0 Å². The number of aromatic nitrogens is 2. The van der Waals surface area contributed by atoms with E-state index in [4.69, 9.17) is 9.72 Å². The minimum atomic E-state index is -0.182. The summed E-state index contributed by atoms with van der Waals surface area (Å²) < 4.78 is 5.97. The number of nitrogens with one attached hydrogen (secondary N) is 1. The summed E-state index contributed by atoms with van der Waals surface area (Å²) in [5.74, 6) is 1.88. The van der Waals surface area contributed by atoms with Crippen LogP contribution in [0.25, 0.3) is 0 Å². The number of hydrogen-bond acceptors (Lipinski definition) is 6. The Balaban J connectivity index is 1.42. The van der Waals surface area contributed by atoms with Crippen LogP contribution in [0.4, 0.5) is 10.9 Å². The Morgan fingerprint density at radius 3 is 3.04 bits per heavy atom. The molecule has 1 N–H and O–H groups in total. The lowest BCUT2D eigenvalue weighted by Gasteiger charge is -2.36. The summed E-state index contributed by atoms with van der Waals surface area (Å²) in [4.78, 5) is 25.2. The van der Waals surface area contributed by atoms with Crippen LogP contribution in [-0.4, -0.2) is 40.5 Å². The van der Waals surface area contributed by atoms with Crippen molar-refractivity contribution < 1.29 is 9.53 Å². The number of amides is 1. The molecule has 2 aromatic rings. The zero-order valence-electron chi connectivity index (χ0n) is 16.6. The first-order valence-corrected chi connectivity index (χ1v) is 11.0. The number of carbonyl (C=O) groups is 1. The molecule has 7 heteroatoms. The summed E-state index contributed by atoms with van der Waals surface area (Å²) in [6.07, 6.45) is 6.12. The van der Waals surface area contributed by atoms with E-state index in [0.717, 1.165) is 40.8 Å². The average Bonchev–Trinajstić information content (AvgIpc) is 3.12. The molecule has 0 bridgehead atoms. The van der Waals surface area contributed by atoms with Crippen molar-refractivity contribution in [1.82, 2.24) is 14.9 Å². The average molecular weight is 401 g/mol. The molecule has 1 aliphatic carbocycles. The van der Waals surface area contributed by atoms with Crippen molar-refractivity contribution in [2.45, 2.75) is 45.6 Å². The van der Waals surface area contributed by atoms with Crippen LogP contribution in [-0.2, 0) is 9.53 Å². The molecule has 4 rings (SSSR count). The van der Waals surface area contributed by atoms with Gasteiger partial charge in [0.15, 0.2) is 5.13 Å². The molecule has 3 heterocycles. The summed E-state index contributed by atoms with van der Waals surface area (Å²) in [7, 11) is 0. The molecule has 1 aliphatic heterocycles. The Hall–Kier alpha value is -1.99. The molecule has 1 amide bonds. The van der Waals surface area contributed by atoms with Gasteiger partial charge in [-0.3, -0.25) is 4.79 Å². The molecular formula is C21H28N4O2S. The first-order valence-electron chi connectivity index (χ1n) is 10.2. The highest BCUT2D eigenvalue weighted by Crippen LogP contribution is 2.31. The van der Waals surface area contributed by atoms with Gasteiger partial charge in [-0.1, -0.05) is 25.8 Å². The van der Waals surface area contributed by atoms with Crippen LogP contribution < -0.4 is 5.32 Å². The molecule has 6 nitrogen and oxygen atoms in total. The van der Waals surface area contributed by atoms with Gasteiger partial charge >= 0.3 is 0 Å². The largest absolute Gasteiger partial charge is 0.368 e. The van der Waals surface area contributed by atoms with E-state index in [2.05, 4.69) is 17.2 Å². The van der Waals surface area contributed by atoms with E-state index in [1.54, 1.807) is 11.3 Å². The van der Waals surface area contributed by atoms with Gasteiger partial charge in [-0.25, -0.2) is 9.97 Å². The normalized spacial score (nSPS) is 25.5.